The molecule has 112 valence electrons. The monoisotopic (exact) mass is 357 g/mol. The third-order valence-corrected chi connectivity index (χ3v) is 3.89. The van der Waals surface area contributed by atoms with Crippen LogP contribution in [-0.4, -0.2) is 0 Å². The summed E-state index contributed by atoms with van der Waals surface area (Å²) in [5.41, 5.74) is 1.48. The number of hydrogen-bond acceptors (Lipinski definition) is 1. The van der Waals surface area contributed by atoms with Gasteiger partial charge in [0.25, 0.3) is 0 Å². The van der Waals surface area contributed by atoms with Crippen LogP contribution in [0.25, 0.3) is 0 Å². The highest BCUT2D eigenvalue weighted by Crippen LogP contribution is 2.36. The van der Waals surface area contributed by atoms with Crippen LogP contribution in [-0.2, 0) is 6.18 Å². The van der Waals surface area contributed by atoms with Crippen molar-refractivity contribution < 1.29 is 13.2 Å². The van der Waals surface area contributed by atoms with Gasteiger partial charge in [-0.05, 0) is 59.1 Å². The number of nitrogens with one attached hydrogen (secondary N) is 1. The Morgan fingerprint density at radius 3 is 2.38 bits per heavy atom. The average Bonchev–Trinajstić information content (AvgIpc) is 2.41. The van der Waals surface area contributed by atoms with Crippen molar-refractivity contribution in [3.05, 3.63) is 63.6 Å². The van der Waals surface area contributed by atoms with Gasteiger partial charge in [0.05, 0.1) is 5.56 Å². The summed E-state index contributed by atoms with van der Waals surface area (Å²) in [5.74, 6) is 0. The first kappa shape index (κ1) is 15.9. The number of aryl methyl sites for hydroxylation is 1. The molecule has 0 aliphatic carbocycles. The Morgan fingerprint density at radius 2 is 1.76 bits per heavy atom. The lowest BCUT2D eigenvalue weighted by atomic mass is 10.0. The minimum Gasteiger partial charge on any atom is -0.378 e. The maximum absolute atomic E-state index is 13.0. The van der Waals surface area contributed by atoms with Gasteiger partial charge in [-0.3, -0.25) is 0 Å². The van der Waals surface area contributed by atoms with E-state index in [0.717, 1.165) is 21.8 Å². The van der Waals surface area contributed by atoms with E-state index < -0.39 is 17.8 Å². The summed E-state index contributed by atoms with van der Waals surface area (Å²) in [7, 11) is 0. The van der Waals surface area contributed by atoms with E-state index in [1.165, 1.54) is 12.1 Å². The van der Waals surface area contributed by atoms with Crippen LogP contribution >= 0.6 is 15.9 Å². The number of anilines is 1. The lowest BCUT2D eigenvalue weighted by Crippen LogP contribution is -2.15. The first-order chi connectivity index (χ1) is 9.79. The Balaban J connectivity index is 2.31. The zero-order chi connectivity index (χ0) is 15.6. The minimum absolute atomic E-state index is 0.234. The van der Waals surface area contributed by atoms with Crippen molar-refractivity contribution in [3.8, 4) is 0 Å². The number of rotatable bonds is 3. The van der Waals surface area contributed by atoms with E-state index in [1.54, 1.807) is 13.0 Å². The Kier molecular flexibility index (Phi) is 4.61. The van der Waals surface area contributed by atoms with Crippen LogP contribution in [0.3, 0.4) is 0 Å². The van der Waals surface area contributed by atoms with Gasteiger partial charge in [-0.15, -0.1) is 0 Å². The number of hydrogen-bond donors (Lipinski definition) is 1. The van der Waals surface area contributed by atoms with Crippen LogP contribution in [0.15, 0.2) is 46.9 Å². The smallest absolute Gasteiger partial charge is 0.378 e. The van der Waals surface area contributed by atoms with Crippen molar-refractivity contribution in [2.45, 2.75) is 26.1 Å². The van der Waals surface area contributed by atoms with Crippen molar-refractivity contribution in [2.75, 3.05) is 5.32 Å². The second kappa shape index (κ2) is 6.10. The van der Waals surface area contributed by atoms with E-state index in [-0.39, 0.29) is 5.56 Å². The van der Waals surface area contributed by atoms with E-state index >= 15 is 0 Å². The summed E-state index contributed by atoms with van der Waals surface area (Å²) in [6.45, 7) is 3.67. The molecule has 0 heterocycles. The third kappa shape index (κ3) is 3.79. The molecule has 0 amide bonds. The van der Waals surface area contributed by atoms with Crippen LogP contribution in [0.2, 0.25) is 0 Å². The van der Waals surface area contributed by atoms with Crippen LogP contribution in [0.5, 0.6) is 0 Å². The second-order valence-electron chi connectivity index (χ2n) is 4.93. The van der Waals surface area contributed by atoms with Crippen molar-refractivity contribution in [1.82, 2.24) is 0 Å². The summed E-state index contributed by atoms with van der Waals surface area (Å²) < 4.78 is 40.0. The molecule has 2 aromatic rings. The molecule has 0 spiro atoms. The summed E-state index contributed by atoms with van der Waals surface area (Å²) in [6.07, 6.45) is -4.35. The molecule has 0 aromatic heterocycles. The maximum atomic E-state index is 13.0. The molecule has 1 unspecified atom stereocenters. The van der Waals surface area contributed by atoms with Gasteiger partial charge in [0, 0.05) is 16.2 Å². The molecular formula is C16H15BrF3N. The van der Waals surface area contributed by atoms with Gasteiger partial charge in [0.15, 0.2) is 0 Å². The van der Waals surface area contributed by atoms with Gasteiger partial charge in [-0.2, -0.15) is 13.2 Å². The topological polar surface area (TPSA) is 12.0 Å². The molecular weight excluding hydrogens is 343 g/mol. The van der Waals surface area contributed by atoms with Crippen LogP contribution in [0, 0.1) is 6.92 Å². The van der Waals surface area contributed by atoms with Crippen molar-refractivity contribution in [2.24, 2.45) is 0 Å². The van der Waals surface area contributed by atoms with Gasteiger partial charge < -0.3 is 5.32 Å². The fourth-order valence-electron chi connectivity index (χ4n) is 2.18. The fraction of sp³-hybridized carbons (Fsp3) is 0.250. The number of alkyl halides is 3. The lowest BCUT2D eigenvalue weighted by molar-refractivity contribution is -0.138. The van der Waals surface area contributed by atoms with Gasteiger partial charge >= 0.3 is 6.18 Å². The molecule has 0 fully saturated rings. The van der Waals surface area contributed by atoms with Crippen LogP contribution in [0.4, 0.5) is 18.9 Å². The highest BCUT2D eigenvalue weighted by atomic mass is 79.9. The predicted molar refractivity (Wildman–Crippen MR) is 82.4 cm³/mol. The molecule has 2 aromatic carbocycles. The SMILES string of the molecule is Cc1ccc(NC(C)c2ccccc2C(F)(F)F)c(Br)c1. The Morgan fingerprint density at radius 1 is 1.10 bits per heavy atom. The highest BCUT2D eigenvalue weighted by molar-refractivity contribution is 9.10. The normalized spacial score (nSPS) is 13.0. The molecule has 0 radical (unpaired) electrons. The highest BCUT2D eigenvalue weighted by Gasteiger charge is 2.34. The molecule has 0 saturated carbocycles. The molecule has 1 nitrogen and oxygen atoms in total. The van der Waals surface area contributed by atoms with E-state index in [1.807, 2.05) is 25.1 Å². The maximum Gasteiger partial charge on any atom is 0.416 e. The van der Waals surface area contributed by atoms with Crippen molar-refractivity contribution in [1.29, 1.82) is 0 Å². The minimum atomic E-state index is -4.35. The predicted octanol–water partition coefficient (Wildman–Crippen LogP) is 5.95. The van der Waals surface area contributed by atoms with E-state index in [4.69, 9.17) is 0 Å². The second-order valence-corrected chi connectivity index (χ2v) is 5.79. The molecule has 1 N–H and O–H groups in total. The summed E-state index contributed by atoms with van der Waals surface area (Å²) in [5, 5.41) is 3.12. The molecule has 1 atom stereocenters. The zero-order valence-electron chi connectivity index (χ0n) is 11.6. The van der Waals surface area contributed by atoms with E-state index in [9.17, 15) is 13.2 Å². The number of benzene rings is 2. The molecule has 0 aliphatic heterocycles. The first-order valence-electron chi connectivity index (χ1n) is 6.48. The van der Waals surface area contributed by atoms with Crippen LogP contribution < -0.4 is 5.32 Å². The summed E-state index contributed by atoms with van der Waals surface area (Å²) in [6, 6.07) is 10.9. The molecule has 21 heavy (non-hydrogen) atoms. The Hall–Kier alpha value is -1.49. The quantitative estimate of drug-likeness (QED) is 0.715. The van der Waals surface area contributed by atoms with E-state index in [0.29, 0.717) is 0 Å². The molecule has 0 bridgehead atoms. The van der Waals surface area contributed by atoms with Crippen molar-refractivity contribution in [3.63, 3.8) is 0 Å². The summed E-state index contributed by atoms with van der Waals surface area (Å²) >= 11 is 3.42. The molecule has 2 rings (SSSR count). The molecule has 0 saturated heterocycles. The van der Waals surface area contributed by atoms with Crippen LogP contribution in [0.1, 0.15) is 29.7 Å². The average molecular weight is 358 g/mol. The third-order valence-electron chi connectivity index (χ3n) is 3.23. The molecule has 5 heteroatoms. The van der Waals surface area contributed by atoms with Gasteiger partial charge in [0.1, 0.15) is 0 Å². The van der Waals surface area contributed by atoms with Crippen molar-refractivity contribution >= 4 is 21.6 Å². The fourth-order valence-corrected chi connectivity index (χ4v) is 2.79. The largest absolute Gasteiger partial charge is 0.416 e. The Bertz CT molecular complexity index is 638. The zero-order valence-corrected chi connectivity index (χ0v) is 13.2. The van der Waals surface area contributed by atoms with Gasteiger partial charge in [0.2, 0.25) is 0 Å². The van der Waals surface area contributed by atoms with Gasteiger partial charge in [-0.25, -0.2) is 0 Å². The van der Waals surface area contributed by atoms with Gasteiger partial charge in [-0.1, -0.05) is 24.3 Å². The lowest BCUT2D eigenvalue weighted by Gasteiger charge is -2.21. The molecule has 0 aliphatic rings. The number of halogens is 4. The Labute approximate surface area is 130 Å². The standard InChI is InChI=1S/C16H15BrF3N/c1-10-7-8-15(14(17)9-10)21-11(2)12-5-3-4-6-13(12)16(18,19)20/h3-9,11,21H,1-2H3. The first-order valence-corrected chi connectivity index (χ1v) is 7.27. The van der Waals surface area contributed by atoms with E-state index in [2.05, 4.69) is 21.2 Å². The summed E-state index contributed by atoms with van der Waals surface area (Å²) in [4.78, 5) is 0.